The van der Waals surface area contributed by atoms with Crippen LogP contribution in [0.3, 0.4) is 0 Å². The predicted molar refractivity (Wildman–Crippen MR) is 127 cm³/mol. The zero-order chi connectivity index (χ0) is 24.4. The number of sulfonamides is 2. The molecule has 0 aromatic heterocycles. The topological polar surface area (TPSA) is 135 Å². The summed E-state index contributed by atoms with van der Waals surface area (Å²) in [5.74, 6) is -0.399. The summed E-state index contributed by atoms with van der Waals surface area (Å²) in [6.07, 6.45) is 0. The monoisotopic (exact) mass is 487 g/mol. The van der Waals surface area contributed by atoms with Gasteiger partial charge in [-0.15, -0.1) is 0 Å². The summed E-state index contributed by atoms with van der Waals surface area (Å²) in [7, 11) is -7.61. The Balaban J connectivity index is 1.71. The van der Waals surface area contributed by atoms with Gasteiger partial charge in [0.2, 0.25) is 10.0 Å². The lowest BCUT2D eigenvalue weighted by atomic mass is 10.1. The predicted octanol–water partition coefficient (Wildman–Crippen LogP) is 3.24. The highest BCUT2D eigenvalue weighted by Crippen LogP contribution is 2.22. The molecule has 174 valence electrons. The third kappa shape index (κ3) is 5.78. The van der Waals surface area contributed by atoms with E-state index in [9.17, 15) is 21.6 Å². The number of rotatable bonds is 7. The Kier molecular flexibility index (Phi) is 6.92. The number of aryl methyl sites for hydroxylation is 1. The van der Waals surface area contributed by atoms with E-state index in [4.69, 9.17) is 5.14 Å². The molecule has 0 unspecified atom stereocenters. The number of benzene rings is 3. The molecule has 0 heterocycles. The van der Waals surface area contributed by atoms with Gasteiger partial charge in [-0.2, -0.15) is 0 Å². The van der Waals surface area contributed by atoms with E-state index in [0.29, 0.717) is 11.3 Å². The van der Waals surface area contributed by atoms with Gasteiger partial charge < -0.3 is 5.32 Å². The van der Waals surface area contributed by atoms with E-state index in [1.54, 1.807) is 31.2 Å². The largest absolute Gasteiger partial charge is 0.346 e. The normalized spacial score (nSPS) is 12.7. The molecule has 1 atom stereocenters. The molecule has 3 aromatic carbocycles. The number of carbonyl (C=O) groups is 1. The number of anilines is 1. The number of hydrogen-bond acceptors (Lipinski definition) is 5. The Hall–Kier alpha value is -3.21. The van der Waals surface area contributed by atoms with Gasteiger partial charge in [0.25, 0.3) is 15.9 Å². The van der Waals surface area contributed by atoms with Gasteiger partial charge in [0, 0.05) is 5.56 Å². The summed E-state index contributed by atoms with van der Waals surface area (Å²) < 4.78 is 50.8. The Bertz CT molecular complexity index is 1380. The Morgan fingerprint density at radius 1 is 0.848 bits per heavy atom. The molecular formula is C23H25N3O5S2. The highest BCUT2D eigenvalue weighted by atomic mass is 32.2. The molecule has 10 heteroatoms. The molecule has 0 radical (unpaired) electrons. The van der Waals surface area contributed by atoms with Crippen LogP contribution < -0.4 is 15.2 Å². The minimum absolute atomic E-state index is 0.0176. The number of nitrogens with one attached hydrogen (secondary N) is 2. The van der Waals surface area contributed by atoms with Crippen LogP contribution in [0.25, 0.3) is 0 Å². The van der Waals surface area contributed by atoms with Crippen molar-refractivity contribution in [3.05, 3.63) is 89.0 Å². The first-order chi connectivity index (χ1) is 15.4. The van der Waals surface area contributed by atoms with Gasteiger partial charge >= 0.3 is 0 Å². The molecule has 4 N–H and O–H groups in total. The van der Waals surface area contributed by atoms with Crippen molar-refractivity contribution in [2.24, 2.45) is 5.14 Å². The van der Waals surface area contributed by atoms with Crippen LogP contribution in [0.5, 0.6) is 0 Å². The Labute approximate surface area is 193 Å². The number of nitrogens with two attached hydrogens (primary N) is 1. The van der Waals surface area contributed by atoms with E-state index >= 15 is 0 Å². The van der Waals surface area contributed by atoms with Crippen LogP contribution >= 0.6 is 0 Å². The lowest BCUT2D eigenvalue weighted by molar-refractivity contribution is 0.0939. The number of carbonyl (C=O) groups excluding carboxylic acids is 1. The molecule has 0 aliphatic carbocycles. The van der Waals surface area contributed by atoms with Crippen LogP contribution in [0.2, 0.25) is 0 Å². The highest BCUT2D eigenvalue weighted by Gasteiger charge is 2.18. The molecule has 0 saturated heterocycles. The van der Waals surface area contributed by atoms with Crippen LogP contribution in [-0.2, 0) is 20.0 Å². The van der Waals surface area contributed by atoms with Crippen LogP contribution in [0.1, 0.15) is 40.0 Å². The fourth-order valence-electron chi connectivity index (χ4n) is 3.16. The molecule has 0 aliphatic rings. The maximum absolute atomic E-state index is 12.7. The molecule has 0 saturated carbocycles. The zero-order valence-electron chi connectivity index (χ0n) is 18.4. The third-order valence-corrected chi connectivity index (χ3v) is 7.64. The van der Waals surface area contributed by atoms with Crippen molar-refractivity contribution < 1.29 is 21.6 Å². The first-order valence-electron chi connectivity index (χ1n) is 10.0. The minimum Gasteiger partial charge on any atom is -0.346 e. The van der Waals surface area contributed by atoms with Crippen molar-refractivity contribution >= 4 is 31.6 Å². The molecule has 0 aliphatic heterocycles. The maximum atomic E-state index is 12.7. The van der Waals surface area contributed by atoms with E-state index in [1.165, 1.54) is 36.4 Å². The molecule has 3 rings (SSSR count). The lowest BCUT2D eigenvalue weighted by Gasteiger charge is -2.15. The summed E-state index contributed by atoms with van der Waals surface area (Å²) in [5, 5.41) is 7.89. The minimum atomic E-state index is -3.82. The summed E-state index contributed by atoms with van der Waals surface area (Å²) in [5.41, 5.74) is 3.28. The SMILES string of the molecule is Cc1cccc(NS(=O)(=O)c2ccc(C(=O)N[C@@H](C)c3ccc(S(N)(=O)=O)cc3)cc2)c1C. The van der Waals surface area contributed by atoms with Crippen LogP contribution in [-0.4, -0.2) is 22.7 Å². The fourth-order valence-corrected chi connectivity index (χ4v) is 4.80. The third-order valence-electron chi connectivity index (χ3n) is 5.33. The Morgan fingerprint density at radius 3 is 2.00 bits per heavy atom. The standard InChI is InChI=1S/C23H25N3O5S2/c1-15-5-4-6-22(16(15)2)26-33(30,31)21-13-9-19(10-14-21)23(27)25-17(3)18-7-11-20(12-8-18)32(24,28)29/h4-14,17,26H,1-3H3,(H,25,27)(H2,24,28,29)/t17-/m0/s1. The van der Waals surface area contributed by atoms with Crippen molar-refractivity contribution in [3.8, 4) is 0 Å². The smallest absolute Gasteiger partial charge is 0.261 e. The van der Waals surface area contributed by atoms with Crippen molar-refractivity contribution in [2.45, 2.75) is 36.6 Å². The maximum Gasteiger partial charge on any atom is 0.261 e. The second-order valence-corrected chi connectivity index (χ2v) is 10.9. The van der Waals surface area contributed by atoms with Crippen molar-refractivity contribution in [3.63, 3.8) is 0 Å². The quantitative estimate of drug-likeness (QED) is 0.470. The van der Waals surface area contributed by atoms with Gasteiger partial charge in [-0.05, 0) is 79.9 Å². The second-order valence-electron chi connectivity index (χ2n) is 7.69. The van der Waals surface area contributed by atoms with E-state index in [2.05, 4.69) is 10.0 Å². The first kappa shape index (κ1) is 24.4. The van der Waals surface area contributed by atoms with E-state index in [-0.39, 0.29) is 15.4 Å². The highest BCUT2D eigenvalue weighted by molar-refractivity contribution is 7.92. The molecule has 0 spiro atoms. The van der Waals surface area contributed by atoms with E-state index < -0.39 is 32.0 Å². The molecular weight excluding hydrogens is 462 g/mol. The molecule has 1 amide bonds. The first-order valence-corrected chi connectivity index (χ1v) is 13.0. The summed E-state index contributed by atoms with van der Waals surface area (Å²) >= 11 is 0. The van der Waals surface area contributed by atoms with Crippen LogP contribution in [0, 0.1) is 13.8 Å². The number of hydrogen-bond donors (Lipinski definition) is 3. The Morgan fingerprint density at radius 2 is 1.42 bits per heavy atom. The fraction of sp³-hybridized carbons (Fsp3) is 0.174. The molecule has 8 nitrogen and oxygen atoms in total. The van der Waals surface area contributed by atoms with Crippen molar-refractivity contribution in [1.82, 2.24) is 5.32 Å². The van der Waals surface area contributed by atoms with Gasteiger partial charge in [-0.1, -0.05) is 24.3 Å². The zero-order valence-corrected chi connectivity index (χ0v) is 20.0. The average molecular weight is 488 g/mol. The van der Waals surface area contributed by atoms with Crippen LogP contribution in [0.4, 0.5) is 5.69 Å². The van der Waals surface area contributed by atoms with E-state index in [1.807, 2.05) is 19.9 Å². The summed E-state index contributed by atoms with van der Waals surface area (Å²) in [4.78, 5) is 12.6. The number of primary sulfonamides is 1. The molecule has 3 aromatic rings. The van der Waals surface area contributed by atoms with Crippen LogP contribution in [0.15, 0.2) is 76.5 Å². The van der Waals surface area contributed by atoms with Gasteiger partial charge in [0.15, 0.2) is 0 Å². The second kappa shape index (κ2) is 9.34. The lowest BCUT2D eigenvalue weighted by Crippen LogP contribution is -2.26. The molecule has 0 fully saturated rings. The van der Waals surface area contributed by atoms with Crippen molar-refractivity contribution in [1.29, 1.82) is 0 Å². The van der Waals surface area contributed by atoms with Crippen molar-refractivity contribution in [2.75, 3.05) is 4.72 Å². The van der Waals surface area contributed by atoms with Gasteiger partial charge in [-0.3, -0.25) is 9.52 Å². The summed E-state index contributed by atoms with van der Waals surface area (Å²) in [6, 6.07) is 16.4. The van der Waals surface area contributed by atoms with Gasteiger partial charge in [-0.25, -0.2) is 22.0 Å². The van der Waals surface area contributed by atoms with E-state index in [0.717, 1.165) is 11.1 Å². The van der Waals surface area contributed by atoms with Gasteiger partial charge in [0.1, 0.15) is 0 Å². The summed E-state index contributed by atoms with van der Waals surface area (Å²) in [6.45, 7) is 5.48. The average Bonchev–Trinajstić information content (AvgIpc) is 2.76. The van der Waals surface area contributed by atoms with Gasteiger partial charge in [0.05, 0.1) is 21.5 Å². The molecule has 0 bridgehead atoms. The molecule has 33 heavy (non-hydrogen) atoms. The number of amides is 1.